The van der Waals surface area contributed by atoms with Crippen LogP contribution in [0.1, 0.15) is 27.7 Å². The average molecular weight is 292 g/mol. The fourth-order valence-corrected chi connectivity index (χ4v) is 0.264. The van der Waals surface area contributed by atoms with Crippen molar-refractivity contribution < 1.29 is 17.1 Å². The van der Waals surface area contributed by atoms with Crippen LogP contribution in [0.3, 0.4) is 0 Å². The molecular weight excluding hydrogens is 280 g/mol. The first-order chi connectivity index (χ1) is 7.44. The van der Waals surface area contributed by atoms with Crippen LogP contribution in [0, 0.1) is 20.8 Å². The molecule has 0 bridgehead atoms. The molecule has 0 saturated carbocycles. The number of rotatable bonds is 2. The first kappa shape index (κ1) is 20.8. The summed E-state index contributed by atoms with van der Waals surface area (Å²) in [6.07, 6.45) is 0. The molecule has 17 heavy (non-hydrogen) atoms. The van der Waals surface area contributed by atoms with Gasteiger partial charge < -0.3 is 41.5 Å². The van der Waals surface area contributed by atoms with Gasteiger partial charge in [-0.3, -0.25) is 0 Å². The van der Waals surface area contributed by atoms with Crippen LogP contribution < -0.4 is 0 Å². The van der Waals surface area contributed by atoms with E-state index < -0.39 is 0 Å². The summed E-state index contributed by atoms with van der Waals surface area (Å²) in [4.78, 5) is 0. The topological polar surface area (TPSA) is 142 Å². The van der Waals surface area contributed by atoms with Gasteiger partial charge in [0.15, 0.2) is 0 Å². The molecule has 0 heterocycles. The maximum Gasteiger partial charge on any atom is 2.00 e. The molecule has 0 amide bonds. The van der Waals surface area contributed by atoms with Crippen molar-refractivity contribution in [3.8, 4) is 0 Å². The standard InChI is InChI=1S/2C4H8N2O2.Cu/c2*1-3(5-7)4(2)6-8;/h2*7-8H,1-2H3;/q;;+2/p-4/b2*5-3+,6-4+;. The molecule has 101 valence electrons. The van der Waals surface area contributed by atoms with E-state index in [1.807, 2.05) is 0 Å². The van der Waals surface area contributed by atoms with Crippen molar-refractivity contribution in [1.29, 1.82) is 0 Å². The molecule has 0 fully saturated rings. The Bertz CT molecular complexity index is 261. The van der Waals surface area contributed by atoms with Crippen LogP contribution in [0.4, 0.5) is 0 Å². The first-order valence-corrected chi connectivity index (χ1v) is 4.12. The minimum absolute atomic E-state index is 0. The van der Waals surface area contributed by atoms with Gasteiger partial charge in [-0.15, -0.1) is 0 Å². The van der Waals surface area contributed by atoms with Crippen LogP contribution >= 0.6 is 0 Å². The van der Waals surface area contributed by atoms with Gasteiger partial charge in [0.2, 0.25) is 0 Å². The summed E-state index contributed by atoms with van der Waals surface area (Å²) in [5.74, 6) is 0. The molecule has 0 unspecified atom stereocenters. The number of hydrogen-bond acceptors (Lipinski definition) is 8. The van der Waals surface area contributed by atoms with Gasteiger partial charge in [-0.2, -0.15) is 0 Å². The van der Waals surface area contributed by atoms with Gasteiger partial charge in [0.05, 0.1) is 0 Å². The second kappa shape index (κ2) is 12.5. The molecule has 0 aromatic heterocycles. The molecule has 0 rings (SSSR count). The molecule has 0 aromatic carbocycles. The van der Waals surface area contributed by atoms with Crippen LogP contribution in [-0.4, -0.2) is 22.8 Å². The van der Waals surface area contributed by atoms with E-state index in [1.54, 1.807) is 0 Å². The van der Waals surface area contributed by atoms with E-state index in [-0.39, 0.29) is 39.9 Å². The third-order valence-electron chi connectivity index (χ3n) is 1.59. The average Bonchev–Trinajstić information content (AvgIpc) is 2.35. The van der Waals surface area contributed by atoms with Crippen LogP contribution in [0.2, 0.25) is 0 Å². The van der Waals surface area contributed by atoms with E-state index in [0.29, 0.717) is 0 Å². The van der Waals surface area contributed by atoms with Crippen molar-refractivity contribution in [3.05, 3.63) is 20.8 Å². The SMILES string of the molecule is CC(=N\[O-])/C(C)=N/[O-].CC(=N\[O-])/C(C)=N/[O-].[Cu+2]. The Morgan fingerprint density at radius 2 is 0.647 bits per heavy atom. The molecule has 8 nitrogen and oxygen atoms in total. The molecule has 0 spiro atoms. The minimum atomic E-state index is 0. The third kappa shape index (κ3) is 10.7. The molecule has 0 aliphatic carbocycles. The molecule has 0 N–H and O–H groups in total. The van der Waals surface area contributed by atoms with Crippen LogP contribution in [0.15, 0.2) is 20.6 Å². The predicted octanol–water partition coefficient (Wildman–Crippen LogP) is 1.81. The zero-order valence-corrected chi connectivity index (χ0v) is 10.7. The largest absolute Gasteiger partial charge is 2.00 e. The first-order valence-electron chi connectivity index (χ1n) is 4.12. The van der Waals surface area contributed by atoms with Crippen LogP contribution in [0.5, 0.6) is 0 Å². The van der Waals surface area contributed by atoms with E-state index in [4.69, 9.17) is 0 Å². The van der Waals surface area contributed by atoms with Crippen molar-refractivity contribution in [3.63, 3.8) is 0 Å². The van der Waals surface area contributed by atoms with Crippen LogP contribution in [-0.2, 0) is 17.1 Å². The monoisotopic (exact) mass is 291 g/mol. The summed E-state index contributed by atoms with van der Waals surface area (Å²) in [7, 11) is 0. The summed E-state index contributed by atoms with van der Waals surface area (Å²) < 4.78 is 0. The van der Waals surface area contributed by atoms with E-state index in [9.17, 15) is 20.8 Å². The molecular formula is C8H12CuN4O4-2. The van der Waals surface area contributed by atoms with Crippen molar-refractivity contribution in [2.75, 3.05) is 0 Å². The molecule has 0 saturated heterocycles. The number of hydrogen-bond donors (Lipinski definition) is 0. The van der Waals surface area contributed by atoms with E-state index in [1.165, 1.54) is 27.7 Å². The Morgan fingerprint density at radius 1 is 0.529 bits per heavy atom. The summed E-state index contributed by atoms with van der Waals surface area (Å²) in [6.45, 7) is 5.74. The number of nitrogens with zero attached hydrogens (tertiary/aromatic N) is 4. The Hall–Kier alpha value is -1.60. The molecule has 0 aliphatic heterocycles. The van der Waals surface area contributed by atoms with Crippen molar-refractivity contribution in [2.45, 2.75) is 27.7 Å². The normalized spacial score (nSPS) is 13.4. The summed E-state index contributed by atoms with van der Waals surface area (Å²) in [6, 6.07) is 0. The fourth-order valence-electron chi connectivity index (χ4n) is 0.264. The third-order valence-corrected chi connectivity index (χ3v) is 1.59. The zero-order valence-electron chi connectivity index (χ0n) is 9.72. The zero-order chi connectivity index (χ0) is 13.1. The fraction of sp³-hybridized carbons (Fsp3) is 0.500. The van der Waals surface area contributed by atoms with Gasteiger partial charge in [0.25, 0.3) is 0 Å². The summed E-state index contributed by atoms with van der Waals surface area (Å²) in [5.41, 5.74) is 0.556. The van der Waals surface area contributed by atoms with Gasteiger partial charge >= 0.3 is 17.1 Å². The van der Waals surface area contributed by atoms with Gasteiger partial charge in [0, 0.05) is 22.8 Å². The Kier molecular flexibility index (Phi) is 15.2. The summed E-state index contributed by atoms with van der Waals surface area (Å²) in [5, 5.41) is 48.4. The van der Waals surface area contributed by atoms with Gasteiger partial charge in [0.1, 0.15) is 0 Å². The quantitative estimate of drug-likeness (QED) is 0.434. The maximum absolute atomic E-state index is 9.60. The summed E-state index contributed by atoms with van der Waals surface area (Å²) >= 11 is 0. The molecule has 9 heteroatoms. The van der Waals surface area contributed by atoms with E-state index in [2.05, 4.69) is 20.6 Å². The molecule has 1 radical (unpaired) electrons. The van der Waals surface area contributed by atoms with Crippen molar-refractivity contribution in [2.24, 2.45) is 20.6 Å². The van der Waals surface area contributed by atoms with Gasteiger partial charge in [-0.05, 0) is 27.7 Å². The molecule has 0 atom stereocenters. The van der Waals surface area contributed by atoms with E-state index >= 15 is 0 Å². The van der Waals surface area contributed by atoms with Crippen LogP contribution in [0.25, 0.3) is 0 Å². The predicted molar refractivity (Wildman–Crippen MR) is 65.9 cm³/mol. The van der Waals surface area contributed by atoms with E-state index in [0.717, 1.165) is 0 Å². The second-order valence-electron chi connectivity index (χ2n) is 2.71. The minimum Gasteiger partial charge on any atom is -0.792 e. The second-order valence-corrected chi connectivity index (χ2v) is 2.71. The Labute approximate surface area is 109 Å². The molecule has 0 aliphatic rings. The smallest absolute Gasteiger partial charge is 0.792 e. The maximum atomic E-state index is 9.60. The molecule has 0 aromatic rings. The Morgan fingerprint density at radius 3 is 0.706 bits per heavy atom. The van der Waals surface area contributed by atoms with Crippen molar-refractivity contribution >= 4 is 22.8 Å². The Balaban J connectivity index is -0.000000218. The van der Waals surface area contributed by atoms with Gasteiger partial charge in [-0.25, -0.2) is 0 Å². The van der Waals surface area contributed by atoms with Gasteiger partial charge in [-0.1, -0.05) is 0 Å². The van der Waals surface area contributed by atoms with Crippen molar-refractivity contribution in [1.82, 2.24) is 0 Å².